The van der Waals surface area contributed by atoms with E-state index >= 15 is 0 Å². The standard InChI is InChI=1S/C11H13F3OS/c1-8(7-16)6-15-10-5-3-2-4-9(10)11(12,13)14/h2-5,8,16H,6-7H2,1H3. The van der Waals surface area contributed by atoms with Gasteiger partial charge >= 0.3 is 6.18 Å². The van der Waals surface area contributed by atoms with Crippen molar-refractivity contribution in [2.24, 2.45) is 5.92 Å². The zero-order chi connectivity index (χ0) is 12.2. The fraction of sp³-hybridized carbons (Fsp3) is 0.455. The molecule has 0 bridgehead atoms. The molecule has 0 aliphatic carbocycles. The lowest BCUT2D eigenvalue weighted by Crippen LogP contribution is -2.13. The van der Waals surface area contributed by atoms with Gasteiger partial charge in [-0.2, -0.15) is 25.8 Å². The molecule has 1 atom stereocenters. The maximum absolute atomic E-state index is 12.6. The Bertz CT molecular complexity index is 338. The zero-order valence-electron chi connectivity index (χ0n) is 8.79. The summed E-state index contributed by atoms with van der Waals surface area (Å²) in [5.74, 6) is 0.571. The minimum Gasteiger partial charge on any atom is -0.493 e. The van der Waals surface area contributed by atoms with Gasteiger partial charge in [-0.3, -0.25) is 0 Å². The van der Waals surface area contributed by atoms with Crippen molar-refractivity contribution >= 4 is 12.6 Å². The second-order valence-electron chi connectivity index (χ2n) is 3.59. The number of alkyl halides is 3. The van der Waals surface area contributed by atoms with Crippen LogP contribution in [0.15, 0.2) is 24.3 Å². The molecule has 1 unspecified atom stereocenters. The average Bonchev–Trinajstić information content (AvgIpc) is 2.25. The van der Waals surface area contributed by atoms with Crippen LogP contribution < -0.4 is 4.74 Å². The first-order chi connectivity index (χ1) is 7.45. The van der Waals surface area contributed by atoms with Crippen LogP contribution in [0.5, 0.6) is 5.75 Å². The van der Waals surface area contributed by atoms with E-state index in [-0.39, 0.29) is 18.3 Å². The Morgan fingerprint density at radius 3 is 2.50 bits per heavy atom. The van der Waals surface area contributed by atoms with Crippen LogP contribution in [0.25, 0.3) is 0 Å². The van der Waals surface area contributed by atoms with Crippen molar-refractivity contribution in [3.8, 4) is 5.75 Å². The lowest BCUT2D eigenvalue weighted by atomic mass is 10.2. The summed E-state index contributed by atoms with van der Waals surface area (Å²) in [5, 5.41) is 0. The number of hydrogen-bond donors (Lipinski definition) is 1. The molecule has 16 heavy (non-hydrogen) atoms. The topological polar surface area (TPSA) is 9.23 Å². The van der Waals surface area contributed by atoms with Gasteiger partial charge < -0.3 is 4.74 Å². The molecule has 0 heterocycles. The van der Waals surface area contributed by atoms with Crippen LogP contribution in [-0.2, 0) is 6.18 Å². The molecule has 0 aromatic heterocycles. The fourth-order valence-corrected chi connectivity index (χ4v) is 1.22. The van der Waals surface area contributed by atoms with Crippen molar-refractivity contribution in [1.82, 2.24) is 0 Å². The summed E-state index contributed by atoms with van der Waals surface area (Å²) in [6, 6.07) is 5.21. The van der Waals surface area contributed by atoms with Gasteiger partial charge in [0, 0.05) is 0 Å². The Labute approximate surface area is 98.0 Å². The summed E-state index contributed by atoms with van der Waals surface area (Å²) in [6.07, 6.45) is -4.37. The van der Waals surface area contributed by atoms with E-state index in [1.54, 1.807) is 0 Å². The molecule has 0 saturated heterocycles. The van der Waals surface area contributed by atoms with E-state index < -0.39 is 11.7 Å². The molecule has 5 heteroatoms. The quantitative estimate of drug-likeness (QED) is 0.802. The molecule has 90 valence electrons. The monoisotopic (exact) mass is 250 g/mol. The lowest BCUT2D eigenvalue weighted by molar-refractivity contribution is -0.139. The van der Waals surface area contributed by atoms with E-state index in [1.807, 2.05) is 6.92 Å². The summed E-state index contributed by atoms with van der Waals surface area (Å²) < 4.78 is 42.8. The number of halogens is 3. The average molecular weight is 250 g/mol. The first kappa shape index (κ1) is 13.2. The smallest absolute Gasteiger partial charge is 0.419 e. The Morgan fingerprint density at radius 1 is 1.31 bits per heavy atom. The molecule has 0 saturated carbocycles. The molecule has 1 aromatic rings. The third-order valence-electron chi connectivity index (χ3n) is 2.03. The van der Waals surface area contributed by atoms with E-state index in [0.29, 0.717) is 5.75 Å². The highest BCUT2D eigenvalue weighted by atomic mass is 32.1. The van der Waals surface area contributed by atoms with Crippen molar-refractivity contribution in [1.29, 1.82) is 0 Å². The number of benzene rings is 1. The Balaban J connectivity index is 2.80. The van der Waals surface area contributed by atoms with Gasteiger partial charge in [0.1, 0.15) is 5.75 Å². The van der Waals surface area contributed by atoms with Crippen LogP contribution in [0.2, 0.25) is 0 Å². The Hall–Kier alpha value is -0.840. The fourth-order valence-electron chi connectivity index (χ4n) is 1.11. The Morgan fingerprint density at radius 2 is 1.94 bits per heavy atom. The van der Waals surface area contributed by atoms with Crippen molar-refractivity contribution in [3.05, 3.63) is 29.8 Å². The van der Waals surface area contributed by atoms with Crippen molar-refractivity contribution in [3.63, 3.8) is 0 Å². The van der Waals surface area contributed by atoms with Crippen molar-refractivity contribution < 1.29 is 17.9 Å². The molecule has 0 radical (unpaired) electrons. The number of rotatable bonds is 4. The van der Waals surface area contributed by atoms with Crippen LogP contribution in [-0.4, -0.2) is 12.4 Å². The molecule has 1 nitrogen and oxygen atoms in total. The van der Waals surface area contributed by atoms with E-state index in [9.17, 15) is 13.2 Å². The maximum Gasteiger partial charge on any atom is 0.419 e. The molecule has 0 N–H and O–H groups in total. The van der Waals surface area contributed by atoms with Crippen molar-refractivity contribution in [2.75, 3.05) is 12.4 Å². The molecule has 0 spiro atoms. The van der Waals surface area contributed by atoms with E-state index in [1.165, 1.54) is 18.2 Å². The van der Waals surface area contributed by atoms with Gasteiger partial charge in [-0.15, -0.1) is 0 Å². The second kappa shape index (κ2) is 5.48. The molecule has 0 aliphatic heterocycles. The molecule has 0 fully saturated rings. The minimum atomic E-state index is -4.37. The van der Waals surface area contributed by atoms with Crippen molar-refractivity contribution in [2.45, 2.75) is 13.1 Å². The first-order valence-electron chi connectivity index (χ1n) is 4.85. The molecule has 0 aliphatic rings. The summed E-state index contributed by atoms with van der Waals surface area (Å²) in [5.41, 5.74) is -0.735. The van der Waals surface area contributed by atoms with Crippen LogP contribution in [0.4, 0.5) is 13.2 Å². The van der Waals surface area contributed by atoms with Gasteiger partial charge in [-0.05, 0) is 23.8 Å². The third-order valence-corrected chi connectivity index (χ3v) is 2.65. The van der Waals surface area contributed by atoms with Gasteiger partial charge in [0.2, 0.25) is 0 Å². The van der Waals surface area contributed by atoms with Gasteiger partial charge in [0.05, 0.1) is 12.2 Å². The van der Waals surface area contributed by atoms with E-state index in [2.05, 4.69) is 12.6 Å². The highest BCUT2D eigenvalue weighted by Crippen LogP contribution is 2.35. The first-order valence-corrected chi connectivity index (χ1v) is 5.48. The summed E-state index contributed by atoms with van der Waals surface area (Å²) in [4.78, 5) is 0. The number of thiol groups is 1. The van der Waals surface area contributed by atoms with Gasteiger partial charge in [0.25, 0.3) is 0 Å². The molecule has 1 rings (SSSR count). The highest BCUT2D eigenvalue weighted by Gasteiger charge is 2.33. The molecule has 1 aromatic carbocycles. The van der Waals surface area contributed by atoms with Crippen LogP contribution >= 0.6 is 12.6 Å². The summed E-state index contributed by atoms with van der Waals surface area (Å²) >= 11 is 4.04. The second-order valence-corrected chi connectivity index (χ2v) is 3.96. The predicted molar refractivity (Wildman–Crippen MR) is 60.0 cm³/mol. The zero-order valence-corrected chi connectivity index (χ0v) is 9.68. The molecular formula is C11H13F3OS. The van der Waals surface area contributed by atoms with Gasteiger partial charge in [-0.25, -0.2) is 0 Å². The lowest BCUT2D eigenvalue weighted by Gasteiger charge is -2.15. The van der Waals surface area contributed by atoms with E-state index in [0.717, 1.165) is 6.07 Å². The minimum absolute atomic E-state index is 0.115. The van der Waals surface area contributed by atoms with Crippen LogP contribution in [0, 0.1) is 5.92 Å². The Kier molecular flexibility index (Phi) is 4.53. The number of para-hydroxylation sites is 1. The van der Waals surface area contributed by atoms with Gasteiger partial charge in [0.15, 0.2) is 0 Å². The molecule has 0 amide bonds. The predicted octanol–water partition coefficient (Wildman–Crippen LogP) is 3.65. The van der Waals surface area contributed by atoms with Crippen LogP contribution in [0.3, 0.4) is 0 Å². The highest BCUT2D eigenvalue weighted by molar-refractivity contribution is 7.80. The molecular weight excluding hydrogens is 237 g/mol. The third kappa shape index (κ3) is 3.63. The van der Waals surface area contributed by atoms with E-state index in [4.69, 9.17) is 4.74 Å². The number of ether oxygens (including phenoxy) is 1. The van der Waals surface area contributed by atoms with Gasteiger partial charge in [-0.1, -0.05) is 19.1 Å². The largest absolute Gasteiger partial charge is 0.493 e. The van der Waals surface area contributed by atoms with Crippen LogP contribution in [0.1, 0.15) is 12.5 Å². The normalized spacial score (nSPS) is 13.6. The summed E-state index contributed by atoms with van der Waals surface area (Å²) in [7, 11) is 0. The SMILES string of the molecule is CC(CS)COc1ccccc1C(F)(F)F. The number of hydrogen-bond acceptors (Lipinski definition) is 2. The summed E-state index contributed by atoms with van der Waals surface area (Å²) in [6.45, 7) is 2.10. The maximum atomic E-state index is 12.6.